The Balaban J connectivity index is -0.00000364. The van der Waals surface area contributed by atoms with Gasteiger partial charge in [-0.05, 0) is 6.42 Å². The fourth-order valence-electron chi connectivity index (χ4n) is 2.71. The molecule has 0 aliphatic carbocycles. The Bertz CT molecular complexity index is 533. The first-order valence-electron chi connectivity index (χ1n) is 10.3. The molecule has 0 bridgehead atoms. The molecule has 0 aliphatic heterocycles. The molecule has 11 heteroatoms. The zero-order valence-corrected chi connectivity index (χ0v) is 23.9. The minimum atomic E-state index is -4.74. The first-order valence-corrected chi connectivity index (χ1v) is 11.8. The maximum absolute atomic E-state index is 11.6. The maximum atomic E-state index is 11.6. The van der Waals surface area contributed by atoms with Crippen LogP contribution in [0.3, 0.4) is 0 Å². The van der Waals surface area contributed by atoms with Gasteiger partial charge < -0.3 is 15.2 Å². The normalized spacial score (nSPS) is 11.8. The quantitative estimate of drug-likeness (QED) is 0.128. The zero-order chi connectivity index (χ0) is 21.3. The van der Waals surface area contributed by atoms with Crippen molar-refractivity contribution >= 4 is 81.1 Å². The van der Waals surface area contributed by atoms with Crippen molar-refractivity contribution in [1.82, 2.24) is 0 Å². The van der Waals surface area contributed by atoms with Crippen LogP contribution < -0.4 is 5.73 Å². The summed E-state index contributed by atoms with van der Waals surface area (Å²) in [5.41, 5.74) is 4.87. The van der Waals surface area contributed by atoms with E-state index in [0.29, 0.717) is 19.6 Å². The van der Waals surface area contributed by atoms with Gasteiger partial charge in [0, 0.05) is 78.7 Å². The predicted molar refractivity (Wildman–Crippen MR) is 119 cm³/mol. The summed E-state index contributed by atoms with van der Waals surface area (Å²) in [7, 11) is -4.74. The van der Waals surface area contributed by atoms with Gasteiger partial charge >= 0.3 is 5.97 Å². The molecule has 8 nitrogen and oxygen atoms in total. The topological polar surface area (TPSA) is 133 Å². The summed E-state index contributed by atoms with van der Waals surface area (Å²) in [6.45, 7) is 3.19. The number of esters is 1. The molecule has 0 spiro atoms. The second-order valence-corrected chi connectivity index (χ2v) is 8.59. The average Bonchev–Trinajstić information content (AvgIpc) is 2.61. The van der Waals surface area contributed by atoms with Gasteiger partial charge in [-0.25, -0.2) is 0 Å². The number of carbonyl (C=O) groups is 2. The third-order valence-corrected chi connectivity index (χ3v) is 5.41. The van der Waals surface area contributed by atoms with Crippen molar-refractivity contribution < 1.29 is 32.0 Å². The van der Waals surface area contributed by atoms with Gasteiger partial charge in [0.05, 0.1) is 13.0 Å². The molecule has 0 aromatic heterocycles. The van der Waals surface area contributed by atoms with Crippen LogP contribution >= 0.6 is 0 Å². The van der Waals surface area contributed by atoms with Crippen molar-refractivity contribution in [2.45, 2.75) is 89.2 Å². The second kappa shape index (κ2) is 23.0. The van der Waals surface area contributed by atoms with E-state index < -0.39 is 33.7 Å². The summed E-state index contributed by atoms with van der Waals surface area (Å²) in [4.78, 5) is 22.4. The van der Waals surface area contributed by atoms with Crippen LogP contribution in [-0.4, -0.2) is 109 Å². The molecule has 0 aromatic carbocycles. The van der Waals surface area contributed by atoms with Gasteiger partial charge in [-0.15, -0.1) is 0 Å². The summed E-state index contributed by atoms with van der Waals surface area (Å²) < 4.78 is 41.4. The first kappa shape index (κ1) is 35.4. The third kappa shape index (κ3) is 22.0. The van der Waals surface area contributed by atoms with E-state index in [1.807, 2.05) is 0 Å². The van der Waals surface area contributed by atoms with Crippen molar-refractivity contribution in [3.8, 4) is 0 Å². The number of primary amides is 1. The molecule has 0 rings (SSSR count). The van der Waals surface area contributed by atoms with Crippen LogP contribution in [-0.2, 0) is 29.2 Å². The Morgan fingerprint density at radius 1 is 0.833 bits per heavy atom. The van der Waals surface area contributed by atoms with E-state index in [0.717, 1.165) is 12.8 Å². The largest absolute Gasteiger partial charge is 0.465 e. The van der Waals surface area contributed by atoms with Crippen LogP contribution in [0.15, 0.2) is 0 Å². The molecule has 3 N–H and O–H groups in total. The number of hydrogen-bond donors (Lipinski definition) is 2. The minimum absolute atomic E-state index is 0. The molecule has 0 saturated heterocycles. The number of amides is 1. The van der Waals surface area contributed by atoms with Crippen molar-refractivity contribution in [3.63, 3.8) is 0 Å². The molecule has 1 unspecified atom stereocenters. The molecular weight excluding hydrogens is 432 g/mol. The van der Waals surface area contributed by atoms with E-state index in [1.54, 1.807) is 0 Å². The Kier molecular flexibility index (Phi) is 27.1. The number of ether oxygens (including phenoxy) is 2. The van der Waals surface area contributed by atoms with E-state index in [1.165, 1.54) is 51.4 Å². The Labute approximate surface area is 226 Å². The fourth-order valence-corrected chi connectivity index (χ4v) is 3.40. The van der Waals surface area contributed by atoms with Crippen LogP contribution in [0.5, 0.6) is 0 Å². The maximum Gasteiger partial charge on any atom is 0.327 e. The van der Waals surface area contributed by atoms with Crippen molar-refractivity contribution in [2.75, 3.05) is 19.8 Å². The van der Waals surface area contributed by atoms with Gasteiger partial charge in [0.25, 0.3) is 10.1 Å². The van der Waals surface area contributed by atoms with E-state index in [-0.39, 0.29) is 65.7 Å². The molecule has 0 aliphatic rings. The molecule has 2 radical (unpaired) electrons. The standard InChI is InChI=1S/C19H37NO7S.2Na/c1-2-3-4-5-6-7-8-9-10-11-13-26-14-12-15-27-19(22)17(16-18(20)21)28(23,24)25;;/h17H,2-16H2,1H3,(H2,20,21)(H,23,24,25);;. The number of unbranched alkanes of at least 4 members (excludes halogenated alkanes) is 9. The van der Waals surface area contributed by atoms with Crippen molar-refractivity contribution in [2.24, 2.45) is 5.73 Å². The molecule has 1 amide bonds. The van der Waals surface area contributed by atoms with Gasteiger partial charge in [-0.2, -0.15) is 8.42 Å². The number of rotatable bonds is 19. The number of carbonyl (C=O) groups excluding carboxylic acids is 2. The molecule has 0 fully saturated rings. The Morgan fingerprint density at radius 2 is 1.30 bits per heavy atom. The van der Waals surface area contributed by atoms with Crippen molar-refractivity contribution in [1.29, 1.82) is 0 Å². The second-order valence-electron chi connectivity index (χ2n) is 6.99. The predicted octanol–water partition coefficient (Wildman–Crippen LogP) is 2.23. The molecule has 30 heavy (non-hydrogen) atoms. The van der Waals surface area contributed by atoms with Gasteiger partial charge in [0.1, 0.15) is 0 Å². The van der Waals surface area contributed by atoms with E-state index in [9.17, 15) is 18.0 Å². The summed E-state index contributed by atoms with van der Waals surface area (Å²) in [5.74, 6) is -2.20. The summed E-state index contributed by atoms with van der Waals surface area (Å²) in [6, 6.07) is 0. The van der Waals surface area contributed by atoms with Crippen molar-refractivity contribution in [3.05, 3.63) is 0 Å². The van der Waals surface area contributed by atoms with E-state index >= 15 is 0 Å². The first-order chi connectivity index (χ1) is 13.3. The van der Waals surface area contributed by atoms with Crippen LogP contribution in [0, 0.1) is 0 Å². The van der Waals surface area contributed by atoms with Crippen LogP contribution in [0.1, 0.15) is 84.0 Å². The Hall–Kier alpha value is 0.810. The molecule has 0 saturated carbocycles. The van der Waals surface area contributed by atoms with E-state index in [2.05, 4.69) is 6.92 Å². The SMILES string of the molecule is CCCCCCCCCCCCOCCCOC(=O)C(CC(N)=O)S(=O)(=O)O.[Na].[Na]. The summed E-state index contributed by atoms with van der Waals surface area (Å²) in [5, 5.41) is -1.97. The smallest absolute Gasteiger partial charge is 0.327 e. The van der Waals surface area contributed by atoms with Gasteiger partial charge in [-0.3, -0.25) is 14.1 Å². The minimum Gasteiger partial charge on any atom is -0.465 e. The van der Waals surface area contributed by atoms with Gasteiger partial charge in [0.2, 0.25) is 5.91 Å². The van der Waals surface area contributed by atoms with Gasteiger partial charge in [0.15, 0.2) is 5.25 Å². The summed E-state index contributed by atoms with van der Waals surface area (Å²) in [6.07, 6.45) is 12.1. The van der Waals surface area contributed by atoms with Crippen LogP contribution in [0.2, 0.25) is 0 Å². The third-order valence-electron chi connectivity index (χ3n) is 4.33. The molecule has 0 heterocycles. The molecule has 0 aromatic rings. The van der Waals surface area contributed by atoms with Crippen LogP contribution in [0.25, 0.3) is 0 Å². The van der Waals surface area contributed by atoms with E-state index in [4.69, 9.17) is 19.8 Å². The molecular formula is C19H37NNa2O7S. The molecule has 1 atom stereocenters. The number of hydrogen-bond acceptors (Lipinski definition) is 6. The summed E-state index contributed by atoms with van der Waals surface area (Å²) >= 11 is 0. The number of nitrogens with two attached hydrogens (primary N) is 1. The molecule has 168 valence electrons. The fraction of sp³-hybridized carbons (Fsp3) is 0.895. The zero-order valence-electron chi connectivity index (χ0n) is 19.1. The van der Waals surface area contributed by atoms with Gasteiger partial charge in [-0.1, -0.05) is 64.7 Å². The Morgan fingerprint density at radius 3 is 1.77 bits per heavy atom. The average molecular weight is 470 g/mol. The monoisotopic (exact) mass is 469 g/mol. The van der Waals surface area contributed by atoms with Crippen LogP contribution in [0.4, 0.5) is 0 Å².